The van der Waals surface area contributed by atoms with Gasteiger partial charge < -0.3 is 5.11 Å². The second-order valence-electron chi connectivity index (χ2n) is 1.34. The molecule has 0 radical (unpaired) electrons. The normalized spacial score (nSPS) is 9.75. The van der Waals surface area contributed by atoms with Crippen LogP contribution in [-0.4, -0.2) is 14.9 Å². The van der Waals surface area contributed by atoms with Gasteiger partial charge in [0.15, 0.2) is 0 Å². The minimum Gasteiger partial charge on any atom is -0.374 e. The van der Waals surface area contributed by atoms with E-state index in [1.165, 1.54) is 10.9 Å². The van der Waals surface area contributed by atoms with Gasteiger partial charge in [-0.1, -0.05) is 11.6 Å². The summed E-state index contributed by atoms with van der Waals surface area (Å²) < 4.78 is 1.34. The van der Waals surface area contributed by atoms with Crippen LogP contribution in [0.1, 0.15) is 0 Å². The summed E-state index contributed by atoms with van der Waals surface area (Å²) in [4.78, 5) is 0. The summed E-state index contributed by atoms with van der Waals surface area (Å²) in [5, 5.41) is 12.6. The first kappa shape index (κ1) is 5.59. The van der Waals surface area contributed by atoms with Crippen molar-refractivity contribution in [3.8, 4) is 0 Å². The fraction of sp³-hybridized carbons (Fsp3) is 0.250. The van der Waals surface area contributed by atoms with Crippen LogP contribution < -0.4 is 0 Å². The summed E-state index contributed by atoms with van der Waals surface area (Å²) in [6.07, 6.45) is 3.01. The molecule has 44 valence electrons. The average Bonchev–Trinajstić information content (AvgIpc) is 2.14. The van der Waals surface area contributed by atoms with Crippen LogP contribution >= 0.6 is 11.6 Å². The van der Waals surface area contributed by atoms with Crippen LogP contribution in [0.5, 0.6) is 0 Å². The van der Waals surface area contributed by atoms with Gasteiger partial charge in [0, 0.05) is 6.20 Å². The van der Waals surface area contributed by atoms with Crippen molar-refractivity contribution in [3.05, 3.63) is 17.4 Å². The lowest BCUT2D eigenvalue weighted by Crippen LogP contribution is -1.94. The molecular formula is C4H5ClN2O. The highest BCUT2D eigenvalue weighted by atomic mass is 35.5. The maximum atomic E-state index is 8.39. The molecule has 1 N–H and O–H groups in total. The van der Waals surface area contributed by atoms with Gasteiger partial charge >= 0.3 is 0 Å². The van der Waals surface area contributed by atoms with Crippen molar-refractivity contribution >= 4 is 11.6 Å². The van der Waals surface area contributed by atoms with Crippen molar-refractivity contribution in [2.24, 2.45) is 0 Å². The minimum absolute atomic E-state index is 0.118. The van der Waals surface area contributed by atoms with Crippen molar-refractivity contribution in [2.45, 2.75) is 6.73 Å². The molecule has 0 aliphatic carbocycles. The van der Waals surface area contributed by atoms with Gasteiger partial charge in [-0.05, 0) is 0 Å². The Balaban J connectivity index is 2.84. The Kier molecular flexibility index (Phi) is 1.50. The van der Waals surface area contributed by atoms with E-state index in [1.54, 1.807) is 6.20 Å². The summed E-state index contributed by atoms with van der Waals surface area (Å²) in [7, 11) is 0. The second-order valence-corrected chi connectivity index (χ2v) is 1.78. The number of halogens is 1. The van der Waals surface area contributed by atoms with E-state index in [0.29, 0.717) is 5.02 Å². The quantitative estimate of drug-likeness (QED) is 0.604. The molecule has 0 aliphatic heterocycles. The van der Waals surface area contributed by atoms with Crippen LogP contribution in [0.2, 0.25) is 5.02 Å². The average molecular weight is 133 g/mol. The number of hydrogen-bond acceptors (Lipinski definition) is 2. The van der Waals surface area contributed by atoms with E-state index in [0.717, 1.165) is 0 Å². The summed E-state index contributed by atoms with van der Waals surface area (Å²) in [5.41, 5.74) is 0. The SMILES string of the molecule is OCn1cc(Cl)cn1. The monoisotopic (exact) mass is 132 g/mol. The molecule has 0 fully saturated rings. The van der Waals surface area contributed by atoms with Crippen LogP contribution in [0.15, 0.2) is 12.4 Å². The van der Waals surface area contributed by atoms with Crippen molar-refractivity contribution in [1.82, 2.24) is 9.78 Å². The molecule has 0 amide bonds. The molecule has 0 saturated heterocycles. The highest BCUT2D eigenvalue weighted by Gasteiger charge is 1.89. The van der Waals surface area contributed by atoms with Crippen molar-refractivity contribution in [2.75, 3.05) is 0 Å². The number of hydrogen-bond donors (Lipinski definition) is 1. The van der Waals surface area contributed by atoms with Gasteiger partial charge in [-0.15, -0.1) is 0 Å². The van der Waals surface area contributed by atoms with Gasteiger partial charge in [0.25, 0.3) is 0 Å². The second kappa shape index (κ2) is 2.15. The van der Waals surface area contributed by atoms with Gasteiger partial charge in [-0.3, -0.25) is 0 Å². The van der Waals surface area contributed by atoms with Gasteiger partial charge in [-0.25, -0.2) is 4.68 Å². The Morgan fingerprint density at radius 3 is 2.88 bits per heavy atom. The molecule has 0 aliphatic rings. The zero-order valence-corrected chi connectivity index (χ0v) is 4.84. The number of aliphatic hydroxyl groups is 1. The topological polar surface area (TPSA) is 38.0 Å². The molecule has 1 aromatic heterocycles. The summed E-state index contributed by atoms with van der Waals surface area (Å²) in [6, 6.07) is 0. The Morgan fingerprint density at radius 2 is 2.62 bits per heavy atom. The fourth-order valence-electron chi connectivity index (χ4n) is 0.416. The Labute approximate surface area is 51.5 Å². The zero-order chi connectivity index (χ0) is 5.98. The van der Waals surface area contributed by atoms with Gasteiger partial charge in [0.1, 0.15) is 6.73 Å². The van der Waals surface area contributed by atoms with Crippen molar-refractivity contribution in [3.63, 3.8) is 0 Å². The largest absolute Gasteiger partial charge is 0.374 e. The lowest BCUT2D eigenvalue weighted by atomic mass is 10.7. The van der Waals surface area contributed by atoms with E-state index >= 15 is 0 Å². The smallest absolute Gasteiger partial charge is 0.136 e. The maximum Gasteiger partial charge on any atom is 0.136 e. The third kappa shape index (κ3) is 0.993. The van der Waals surface area contributed by atoms with Gasteiger partial charge in [-0.2, -0.15) is 5.10 Å². The zero-order valence-electron chi connectivity index (χ0n) is 4.08. The predicted octanol–water partition coefficient (Wildman–Crippen LogP) is 0.486. The van der Waals surface area contributed by atoms with Crippen LogP contribution in [0.4, 0.5) is 0 Å². The number of nitrogens with zero attached hydrogens (tertiary/aromatic N) is 2. The van der Waals surface area contributed by atoms with Crippen molar-refractivity contribution in [1.29, 1.82) is 0 Å². The molecule has 0 bridgehead atoms. The highest BCUT2D eigenvalue weighted by Crippen LogP contribution is 2.02. The van der Waals surface area contributed by atoms with E-state index in [4.69, 9.17) is 16.7 Å². The molecule has 0 spiro atoms. The Morgan fingerprint density at radius 1 is 1.88 bits per heavy atom. The standard InChI is InChI=1S/C4H5ClN2O/c5-4-1-6-7(2-4)3-8/h1-2,8H,3H2. The van der Waals surface area contributed by atoms with Crippen molar-refractivity contribution < 1.29 is 5.11 Å². The molecular weight excluding hydrogens is 128 g/mol. The lowest BCUT2D eigenvalue weighted by Gasteiger charge is -1.87. The number of aliphatic hydroxyl groups excluding tert-OH is 1. The molecule has 1 rings (SSSR count). The predicted molar refractivity (Wildman–Crippen MR) is 29.5 cm³/mol. The fourth-order valence-corrected chi connectivity index (χ4v) is 0.572. The summed E-state index contributed by atoms with van der Waals surface area (Å²) in [5.74, 6) is 0. The van der Waals surface area contributed by atoms with Crippen LogP contribution in [0.25, 0.3) is 0 Å². The first-order chi connectivity index (χ1) is 3.83. The molecule has 0 saturated carbocycles. The number of rotatable bonds is 1. The van der Waals surface area contributed by atoms with Crippen LogP contribution in [-0.2, 0) is 6.73 Å². The molecule has 3 nitrogen and oxygen atoms in total. The third-order valence-electron chi connectivity index (χ3n) is 0.747. The molecule has 0 aromatic carbocycles. The third-order valence-corrected chi connectivity index (χ3v) is 0.942. The molecule has 0 unspecified atom stereocenters. The van der Waals surface area contributed by atoms with E-state index in [9.17, 15) is 0 Å². The highest BCUT2D eigenvalue weighted by molar-refractivity contribution is 6.30. The summed E-state index contributed by atoms with van der Waals surface area (Å²) in [6.45, 7) is -0.118. The Bertz CT molecular complexity index is 174. The van der Waals surface area contributed by atoms with Crippen LogP contribution in [0, 0.1) is 0 Å². The summed E-state index contributed by atoms with van der Waals surface area (Å²) >= 11 is 5.44. The van der Waals surface area contributed by atoms with Gasteiger partial charge in [0.05, 0.1) is 11.2 Å². The lowest BCUT2D eigenvalue weighted by molar-refractivity contribution is 0.195. The number of aromatic nitrogens is 2. The van der Waals surface area contributed by atoms with Gasteiger partial charge in [0.2, 0.25) is 0 Å². The minimum atomic E-state index is -0.118. The molecule has 4 heteroatoms. The Hall–Kier alpha value is -0.540. The first-order valence-corrected chi connectivity index (χ1v) is 2.49. The molecule has 1 heterocycles. The molecule has 1 aromatic rings. The van der Waals surface area contributed by atoms with E-state index in [1.807, 2.05) is 0 Å². The maximum absolute atomic E-state index is 8.39. The molecule has 0 atom stereocenters. The first-order valence-electron chi connectivity index (χ1n) is 2.12. The van der Waals surface area contributed by atoms with E-state index in [2.05, 4.69) is 5.10 Å². The van der Waals surface area contributed by atoms with Crippen LogP contribution in [0.3, 0.4) is 0 Å². The van der Waals surface area contributed by atoms with E-state index < -0.39 is 0 Å². The van der Waals surface area contributed by atoms with E-state index in [-0.39, 0.29) is 6.73 Å². The molecule has 8 heavy (non-hydrogen) atoms.